The van der Waals surface area contributed by atoms with Crippen LogP contribution in [0, 0.1) is 5.92 Å². The summed E-state index contributed by atoms with van der Waals surface area (Å²) in [6, 6.07) is 8.15. The highest BCUT2D eigenvalue weighted by Gasteiger charge is 2.20. The number of benzene rings is 1. The Morgan fingerprint density at radius 1 is 1.28 bits per heavy atom. The van der Waals surface area contributed by atoms with E-state index >= 15 is 0 Å². The molecule has 2 N–H and O–H groups in total. The van der Waals surface area contributed by atoms with Crippen LogP contribution in [0.5, 0.6) is 5.75 Å². The Morgan fingerprint density at radius 2 is 2.08 bits per heavy atom. The van der Waals surface area contributed by atoms with E-state index in [-0.39, 0.29) is 0 Å². The first-order valence-electron chi connectivity index (χ1n) is 9.47. The van der Waals surface area contributed by atoms with Crippen molar-refractivity contribution in [3.8, 4) is 5.75 Å². The second-order valence-electron chi connectivity index (χ2n) is 6.66. The van der Waals surface area contributed by atoms with Crippen molar-refractivity contribution in [2.75, 3.05) is 40.0 Å². The summed E-state index contributed by atoms with van der Waals surface area (Å²) in [4.78, 5) is 4.72. The fourth-order valence-corrected chi connectivity index (χ4v) is 2.66. The highest BCUT2D eigenvalue weighted by Crippen LogP contribution is 2.28. The van der Waals surface area contributed by atoms with Crippen LogP contribution in [0.15, 0.2) is 29.3 Å². The maximum Gasteiger partial charge on any atom is 0.191 e. The van der Waals surface area contributed by atoms with Gasteiger partial charge in [-0.15, -0.1) is 0 Å². The quantitative estimate of drug-likeness (QED) is 0.367. The number of aliphatic imine (C=N–C) groups is 1. The van der Waals surface area contributed by atoms with Crippen molar-refractivity contribution in [2.45, 2.75) is 39.0 Å². The summed E-state index contributed by atoms with van der Waals surface area (Å²) in [5, 5.41) is 6.69. The van der Waals surface area contributed by atoms with Gasteiger partial charge in [-0.1, -0.05) is 25.1 Å². The summed E-state index contributed by atoms with van der Waals surface area (Å²) in [7, 11) is 1.71. The van der Waals surface area contributed by atoms with E-state index in [0.29, 0.717) is 12.5 Å². The van der Waals surface area contributed by atoms with Gasteiger partial charge in [0.2, 0.25) is 0 Å². The molecule has 140 valence electrons. The Morgan fingerprint density at radius 3 is 2.80 bits per heavy atom. The third-order valence-corrected chi connectivity index (χ3v) is 4.35. The molecule has 1 aliphatic carbocycles. The maximum absolute atomic E-state index is 5.67. The summed E-state index contributed by atoms with van der Waals surface area (Å²) in [5.41, 5.74) is 1.19. The summed E-state index contributed by atoms with van der Waals surface area (Å²) < 4.78 is 11.1. The molecule has 1 aliphatic rings. The molecule has 1 atom stereocenters. The zero-order valence-electron chi connectivity index (χ0n) is 15.9. The van der Waals surface area contributed by atoms with Gasteiger partial charge in [0.25, 0.3) is 0 Å². The van der Waals surface area contributed by atoms with E-state index in [1.165, 1.54) is 18.4 Å². The average Bonchev–Trinajstić information content (AvgIpc) is 3.46. The number of hydrogen-bond acceptors (Lipinski definition) is 3. The minimum atomic E-state index is 0.300. The molecule has 1 aromatic carbocycles. The molecule has 0 aromatic heterocycles. The SMILES string of the molecule is CCNC(=NCC(C)c1ccccc1OC)NCCCOCC1CC1. The molecule has 0 spiro atoms. The van der Waals surface area contributed by atoms with Crippen LogP contribution >= 0.6 is 0 Å². The van der Waals surface area contributed by atoms with E-state index in [9.17, 15) is 0 Å². The number of para-hydroxylation sites is 1. The zero-order chi connectivity index (χ0) is 17.9. The molecule has 2 rings (SSSR count). The van der Waals surface area contributed by atoms with Gasteiger partial charge < -0.3 is 20.1 Å². The molecule has 0 saturated heterocycles. The van der Waals surface area contributed by atoms with Crippen LogP contribution in [0.4, 0.5) is 0 Å². The number of rotatable bonds is 11. The maximum atomic E-state index is 5.67. The molecule has 0 bridgehead atoms. The molecule has 0 radical (unpaired) electrons. The monoisotopic (exact) mass is 347 g/mol. The summed E-state index contributed by atoms with van der Waals surface area (Å²) in [6.45, 7) is 8.46. The fraction of sp³-hybridized carbons (Fsp3) is 0.650. The molecule has 1 saturated carbocycles. The lowest BCUT2D eigenvalue weighted by Gasteiger charge is -2.16. The number of hydrogen-bond donors (Lipinski definition) is 2. The highest BCUT2D eigenvalue weighted by molar-refractivity contribution is 5.79. The van der Waals surface area contributed by atoms with Crippen molar-refractivity contribution >= 4 is 5.96 Å². The van der Waals surface area contributed by atoms with Crippen LogP contribution < -0.4 is 15.4 Å². The first kappa shape index (κ1) is 19.6. The van der Waals surface area contributed by atoms with Gasteiger partial charge in [-0.3, -0.25) is 4.99 Å². The molecule has 25 heavy (non-hydrogen) atoms. The summed E-state index contributed by atoms with van der Waals surface area (Å²) in [5.74, 6) is 2.93. The molecule has 0 aliphatic heterocycles. The van der Waals surface area contributed by atoms with E-state index in [0.717, 1.165) is 50.4 Å². The molecular formula is C20H33N3O2. The lowest BCUT2D eigenvalue weighted by molar-refractivity contribution is 0.123. The standard InChI is InChI=1S/C20H33N3O2/c1-4-21-20(22-12-7-13-25-15-17-10-11-17)23-14-16(2)18-8-5-6-9-19(18)24-3/h5-6,8-9,16-17H,4,7,10-15H2,1-3H3,(H2,21,22,23). The predicted octanol–water partition coefficient (Wildman–Crippen LogP) is 3.17. The van der Waals surface area contributed by atoms with E-state index in [1.807, 2.05) is 18.2 Å². The number of nitrogens with one attached hydrogen (secondary N) is 2. The van der Waals surface area contributed by atoms with Crippen LogP contribution in [0.1, 0.15) is 44.6 Å². The molecule has 1 unspecified atom stereocenters. The van der Waals surface area contributed by atoms with Crippen molar-refractivity contribution in [3.05, 3.63) is 29.8 Å². The van der Waals surface area contributed by atoms with Crippen LogP contribution in [-0.4, -0.2) is 45.9 Å². The topological polar surface area (TPSA) is 54.9 Å². The van der Waals surface area contributed by atoms with Crippen molar-refractivity contribution in [1.82, 2.24) is 10.6 Å². The number of methoxy groups -OCH3 is 1. The van der Waals surface area contributed by atoms with Crippen LogP contribution in [-0.2, 0) is 4.74 Å². The fourth-order valence-electron chi connectivity index (χ4n) is 2.66. The third-order valence-electron chi connectivity index (χ3n) is 4.35. The van der Waals surface area contributed by atoms with E-state index in [4.69, 9.17) is 14.5 Å². The largest absolute Gasteiger partial charge is 0.496 e. The van der Waals surface area contributed by atoms with Crippen LogP contribution in [0.2, 0.25) is 0 Å². The summed E-state index contributed by atoms with van der Waals surface area (Å²) >= 11 is 0. The van der Waals surface area contributed by atoms with Gasteiger partial charge in [-0.05, 0) is 43.7 Å². The zero-order valence-corrected chi connectivity index (χ0v) is 15.9. The summed E-state index contributed by atoms with van der Waals surface area (Å²) in [6.07, 6.45) is 3.69. The second-order valence-corrected chi connectivity index (χ2v) is 6.66. The van der Waals surface area contributed by atoms with Gasteiger partial charge in [0.05, 0.1) is 7.11 Å². The average molecular weight is 348 g/mol. The van der Waals surface area contributed by atoms with Gasteiger partial charge in [-0.25, -0.2) is 0 Å². The molecular weight excluding hydrogens is 314 g/mol. The second kappa shape index (κ2) is 11.0. The van der Waals surface area contributed by atoms with Gasteiger partial charge in [0.1, 0.15) is 5.75 Å². The Balaban J connectivity index is 1.75. The first-order chi connectivity index (χ1) is 12.2. The van der Waals surface area contributed by atoms with Gasteiger partial charge in [0, 0.05) is 38.8 Å². The van der Waals surface area contributed by atoms with Crippen molar-refractivity contribution < 1.29 is 9.47 Å². The van der Waals surface area contributed by atoms with Gasteiger partial charge in [0.15, 0.2) is 5.96 Å². The Labute approximate surface area is 152 Å². The molecule has 0 amide bonds. The lowest BCUT2D eigenvalue weighted by Crippen LogP contribution is -2.38. The lowest BCUT2D eigenvalue weighted by atomic mass is 10.0. The smallest absolute Gasteiger partial charge is 0.191 e. The van der Waals surface area contributed by atoms with E-state index < -0.39 is 0 Å². The van der Waals surface area contributed by atoms with Crippen molar-refractivity contribution in [2.24, 2.45) is 10.9 Å². The third kappa shape index (κ3) is 7.34. The predicted molar refractivity (Wildman–Crippen MR) is 104 cm³/mol. The molecule has 5 nitrogen and oxygen atoms in total. The van der Waals surface area contributed by atoms with E-state index in [2.05, 4.69) is 30.5 Å². The van der Waals surface area contributed by atoms with E-state index in [1.54, 1.807) is 7.11 Å². The Kier molecular flexibility index (Phi) is 8.60. The minimum absolute atomic E-state index is 0.300. The molecule has 0 heterocycles. The Bertz CT molecular complexity index is 529. The molecule has 5 heteroatoms. The Hall–Kier alpha value is -1.75. The first-order valence-corrected chi connectivity index (χ1v) is 9.47. The highest BCUT2D eigenvalue weighted by atomic mass is 16.5. The van der Waals surface area contributed by atoms with Crippen molar-refractivity contribution in [1.29, 1.82) is 0 Å². The molecule has 1 aromatic rings. The number of ether oxygens (including phenoxy) is 2. The van der Waals surface area contributed by atoms with Crippen LogP contribution in [0.3, 0.4) is 0 Å². The van der Waals surface area contributed by atoms with Gasteiger partial charge in [-0.2, -0.15) is 0 Å². The minimum Gasteiger partial charge on any atom is -0.496 e. The van der Waals surface area contributed by atoms with Gasteiger partial charge >= 0.3 is 0 Å². The number of nitrogens with zero attached hydrogens (tertiary/aromatic N) is 1. The van der Waals surface area contributed by atoms with Crippen molar-refractivity contribution in [3.63, 3.8) is 0 Å². The number of guanidine groups is 1. The normalized spacial score (nSPS) is 15.7. The van der Waals surface area contributed by atoms with Crippen LogP contribution in [0.25, 0.3) is 0 Å². The molecule has 1 fully saturated rings.